The third-order valence-corrected chi connectivity index (χ3v) is 4.84. The number of methoxy groups -OCH3 is 1. The SMILES string of the molecule is CN=C(OC)/C1=C(\N)CN(C)C(=O)c2ccc(F)cc2C(C)Oc2cc1cnc2N. The molecule has 30 heavy (non-hydrogen) atoms. The number of amides is 1. The van der Waals surface area contributed by atoms with E-state index < -0.39 is 11.9 Å². The first-order valence-electron chi connectivity index (χ1n) is 9.24. The highest BCUT2D eigenvalue weighted by Gasteiger charge is 2.25. The third kappa shape index (κ3) is 3.91. The molecular weight excluding hydrogens is 389 g/mol. The van der Waals surface area contributed by atoms with Crippen LogP contribution in [0, 0.1) is 5.82 Å². The van der Waals surface area contributed by atoms with Crippen LogP contribution in [-0.4, -0.2) is 49.4 Å². The molecule has 0 saturated carbocycles. The largest absolute Gasteiger partial charge is 0.482 e. The van der Waals surface area contributed by atoms with Crippen molar-refractivity contribution >= 4 is 23.2 Å². The van der Waals surface area contributed by atoms with Gasteiger partial charge in [0.2, 0.25) is 5.90 Å². The van der Waals surface area contributed by atoms with Crippen molar-refractivity contribution in [2.45, 2.75) is 13.0 Å². The molecule has 0 fully saturated rings. The molecule has 0 saturated heterocycles. The third-order valence-electron chi connectivity index (χ3n) is 4.84. The molecule has 1 aliphatic heterocycles. The molecule has 2 bridgehead atoms. The molecule has 4 N–H and O–H groups in total. The number of hydrogen-bond donors (Lipinski definition) is 2. The molecule has 1 aromatic heterocycles. The van der Waals surface area contributed by atoms with E-state index in [1.54, 1.807) is 27.1 Å². The molecule has 0 radical (unpaired) electrons. The zero-order valence-corrected chi connectivity index (χ0v) is 17.3. The molecule has 1 amide bonds. The number of benzene rings is 1. The molecule has 1 unspecified atom stereocenters. The summed E-state index contributed by atoms with van der Waals surface area (Å²) in [6.07, 6.45) is 0.860. The fourth-order valence-electron chi connectivity index (χ4n) is 3.37. The summed E-state index contributed by atoms with van der Waals surface area (Å²) in [6, 6.07) is 5.62. The summed E-state index contributed by atoms with van der Waals surface area (Å²) in [6.45, 7) is 1.80. The monoisotopic (exact) mass is 413 g/mol. The van der Waals surface area contributed by atoms with Gasteiger partial charge in [-0.25, -0.2) is 9.37 Å². The molecule has 8 nitrogen and oxygen atoms in total. The molecule has 1 aromatic carbocycles. The smallest absolute Gasteiger partial charge is 0.254 e. The van der Waals surface area contributed by atoms with Crippen LogP contribution < -0.4 is 16.2 Å². The van der Waals surface area contributed by atoms with Crippen molar-refractivity contribution in [2.75, 3.05) is 33.5 Å². The number of rotatable bonds is 1. The normalized spacial score (nSPS) is 20.0. The Morgan fingerprint density at radius 3 is 2.77 bits per heavy atom. The summed E-state index contributed by atoms with van der Waals surface area (Å²) in [7, 11) is 4.65. The number of hydrogen-bond acceptors (Lipinski definition) is 7. The van der Waals surface area contributed by atoms with E-state index in [1.165, 1.54) is 36.4 Å². The van der Waals surface area contributed by atoms with E-state index >= 15 is 0 Å². The average molecular weight is 413 g/mol. The number of halogens is 1. The Hall–Kier alpha value is -3.62. The highest BCUT2D eigenvalue weighted by atomic mass is 19.1. The Kier molecular flexibility index (Phi) is 5.91. The van der Waals surface area contributed by atoms with Gasteiger partial charge in [0.25, 0.3) is 5.91 Å². The Labute approximate surface area is 174 Å². The molecule has 1 aliphatic rings. The minimum absolute atomic E-state index is 0.0856. The number of pyridine rings is 1. The maximum absolute atomic E-state index is 14.0. The zero-order chi connectivity index (χ0) is 22.0. The van der Waals surface area contributed by atoms with Gasteiger partial charge in [-0.15, -0.1) is 0 Å². The maximum atomic E-state index is 14.0. The van der Waals surface area contributed by atoms with Crippen LogP contribution in [0.15, 0.2) is 41.2 Å². The number of nitrogen functional groups attached to an aromatic ring is 1. The first-order chi connectivity index (χ1) is 14.3. The van der Waals surface area contributed by atoms with Gasteiger partial charge in [0, 0.05) is 42.7 Å². The Balaban J connectivity index is 2.27. The number of carbonyl (C=O) groups is 1. The molecule has 1 atom stereocenters. The number of likely N-dealkylation sites (N-methyl/N-ethyl adjacent to an activating group) is 1. The molecule has 3 rings (SSSR count). The highest BCUT2D eigenvalue weighted by Crippen LogP contribution is 2.32. The lowest BCUT2D eigenvalue weighted by Gasteiger charge is -2.25. The van der Waals surface area contributed by atoms with Gasteiger partial charge in [0.15, 0.2) is 11.6 Å². The van der Waals surface area contributed by atoms with Gasteiger partial charge in [0.05, 0.1) is 19.2 Å². The fraction of sp³-hybridized carbons (Fsp3) is 0.286. The molecule has 158 valence electrons. The molecular formula is C21H24FN5O3. The minimum atomic E-state index is -0.668. The van der Waals surface area contributed by atoms with Crippen molar-refractivity contribution in [1.82, 2.24) is 9.88 Å². The zero-order valence-electron chi connectivity index (χ0n) is 17.3. The summed E-state index contributed by atoms with van der Waals surface area (Å²) < 4.78 is 25.3. The Bertz CT molecular complexity index is 1050. The number of ether oxygens (including phenoxy) is 2. The lowest BCUT2D eigenvalue weighted by molar-refractivity contribution is 0.0801. The van der Waals surface area contributed by atoms with Crippen LogP contribution in [0.5, 0.6) is 5.75 Å². The van der Waals surface area contributed by atoms with Crippen LogP contribution in [-0.2, 0) is 4.74 Å². The van der Waals surface area contributed by atoms with E-state index in [0.29, 0.717) is 28.0 Å². The van der Waals surface area contributed by atoms with Gasteiger partial charge >= 0.3 is 0 Å². The standard InChI is InChI=1S/C21H24FN5O3/c1-11-15-8-13(22)5-6-14(15)21(28)27(3)10-16(23)18(20(25-2)29-4)12-7-17(30-11)19(24)26-9-12/h5-9,11H,10,23H2,1-4H3,(H2,24,26)/b18-16-,25-20?. The second-order valence-electron chi connectivity index (χ2n) is 6.89. The van der Waals surface area contributed by atoms with Gasteiger partial charge in [-0.1, -0.05) is 0 Å². The first kappa shape index (κ1) is 21.1. The fourth-order valence-corrected chi connectivity index (χ4v) is 3.37. The van der Waals surface area contributed by atoms with Crippen molar-refractivity contribution in [1.29, 1.82) is 0 Å². The quantitative estimate of drug-likeness (QED) is 0.548. The highest BCUT2D eigenvalue weighted by molar-refractivity contribution is 6.20. The summed E-state index contributed by atoms with van der Waals surface area (Å²) in [4.78, 5) is 22.9. The van der Waals surface area contributed by atoms with E-state index in [2.05, 4.69) is 9.98 Å². The van der Waals surface area contributed by atoms with Crippen LogP contribution in [0.3, 0.4) is 0 Å². The number of fused-ring (bicyclic) bond motifs is 3. The first-order valence-corrected chi connectivity index (χ1v) is 9.24. The molecule has 2 aromatic rings. The number of aromatic nitrogens is 1. The van der Waals surface area contributed by atoms with Crippen molar-refractivity contribution in [3.63, 3.8) is 0 Å². The van der Waals surface area contributed by atoms with E-state index in [0.717, 1.165) is 0 Å². The molecule has 2 heterocycles. The van der Waals surface area contributed by atoms with Gasteiger partial charge in [-0.3, -0.25) is 9.79 Å². The number of anilines is 1. The van der Waals surface area contributed by atoms with E-state index in [4.69, 9.17) is 20.9 Å². The van der Waals surface area contributed by atoms with Crippen LogP contribution in [0.1, 0.15) is 34.5 Å². The second-order valence-corrected chi connectivity index (χ2v) is 6.89. The Morgan fingerprint density at radius 1 is 1.37 bits per heavy atom. The van der Waals surface area contributed by atoms with Crippen LogP contribution >= 0.6 is 0 Å². The molecule has 0 spiro atoms. The number of nitrogens with zero attached hydrogens (tertiary/aromatic N) is 3. The number of carbonyl (C=O) groups excluding carboxylic acids is 1. The van der Waals surface area contributed by atoms with E-state index in [1.807, 2.05) is 0 Å². The lowest BCUT2D eigenvalue weighted by atomic mass is 10.00. The maximum Gasteiger partial charge on any atom is 0.254 e. The van der Waals surface area contributed by atoms with Crippen molar-refractivity contribution in [2.24, 2.45) is 10.7 Å². The molecule has 0 aliphatic carbocycles. The van der Waals surface area contributed by atoms with Crippen LogP contribution in [0.2, 0.25) is 0 Å². The van der Waals surface area contributed by atoms with E-state index in [9.17, 15) is 9.18 Å². The van der Waals surface area contributed by atoms with Gasteiger partial charge in [-0.05, 0) is 31.2 Å². The average Bonchev–Trinajstić information content (AvgIpc) is 2.72. The Morgan fingerprint density at radius 2 is 2.10 bits per heavy atom. The van der Waals surface area contributed by atoms with Gasteiger partial charge in [0.1, 0.15) is 11.9 Å². The predicted molar refractivity (Wildman–Crippen MR) is 113 cm³/mol. The predicted octanol–water partition coefficient (Wildman–Crippen LogP) is 2.37. The second kappa shape index (κ2) is 8.40. The van der Waals surface area contributed by atoms with Gasteiger partial charge < -0.3 is 25.8 Å². The van der Waals surface area contributed by atoms with Crippen LogP contribution in [0.4, 0.5) is 10.2 Å². The number of nitrogens with two attached hydrogens (primary N) is 2. The summed E-state index contributed by atoms with van der Waals surface area (Å²) in [5.74, 6) is -0.107. The van der Waals surface area contributed by atoms with Crippen LogP contribution in [0.25, 0.3) is 5.57 Å². The topological polar surface area (TPSA) is 116 Å². The van der Waals surface area contributed by atoms with Crippen molar-refractivity contribution in [3.05, 3.63) is 58.7 Å². The van der Waals surface area contributed by atoms with Crippen molar-refractivity contribution in [3.8, 4) is 5.75 Å². The summed E-state index contributed by atoms with van der Waals surface area (Å²) in [5.41, 5.74) is 14.5. The lowest BCUT2D eigenvalue weighted by Crippen LogP contribution is -2.33. The molecule has 9 heteroatoms. The van der Waals surface area contributed by atoms with E-state index in [-0.39, 0.29) is 29.9 Å². The summed E-state index contributed by atoms with van der Waals surface area (Å²) >= 11 is 0. The number of aliphatic imine (C=N–C) groups is 1. The van der Waals surface area contributed by atoms with Crippen molar-refractivity contribution < 1.29 is 18.7 Å². The minimum Gasteiger partial charge on any atom is -0.482 e. The summed E-state index contributed by atoms with van der Waals surface area (Å²) in [5, 5.41) is 0. The van der Waals surface area contributed by atoms with Gasteiger partial charge in [-0.2, -0.15) is 0 Å².